The first-order chi connectivity index (χ1) is 9.85. The van der Waals surface area contributed by atoms with E-state index in [4.69, 9.17) is 9.47 Å². The lowest BCUT2D eigenvalue weighted by Crippen LogP contribution is -2.33. The number of hydrogen-bond acceptors (Lipinski definition) is 4. The molecule has 21 heavy (non-hydrogen) atoms. The van der Waals surface area contributed by atoms with Crippen molar-refractivity contribution in [2.45, 2.75) is 26.1 Å². The lowest BCUT2D eigenvalue weighted by molar-refractivity contribution is -0.203. The molecule has 110 valence electrons. The molecule has 0 bridgehead atoms. The number of ketones is 1. The van der Waals surface area contributed by atoms with Crippen LogP contribution in [0.1, 0.15) is 30.6 Å². The van der Waals surface area contributed by atoms with Gasteiger partial charge in [-0.3, -0.25) is 4.79 Å². The third-order valence-corrected chi connectivity index (χ3v) is 3.25. The Hall–Kier alpha value is -1.88. The van der Waals surface area contributed by atoms with E-state index in [1.54, 1.807) is 38.1 Å². The van der Waals surface area contributed by atoms with Gasteiger partial charge in [0.05, 0.1) is 6.08 Å². The minimum Gasteiger partial charge on any atom is -0.453 e. The molecule has 0 aromatic heterocycles. The summed E-state index contributed by atoms with van der Waals surface area (Å²) in [5.41, 5.74) is 0.640. The van der Waals surface area contributed by atoms with E-state index in [2.05, 4.69) is 15.9 Å². The summed E-state index contributed by atoms with van der Waals surface area (Å²) in [4.78, 5) is 23.3. The number of ether oxygens (including phenoxy) is 2. The summed E-state index contributed by atoms with van der Waals surface area (Å²) in [5, 5.41) is 0. The summed E-state index contributed by atoms with van der Waals surface area (Å²) in [6, 6.07) is 7.17. The Morgan fingerprint density at radius 3 is 2.52 bits per heavy atom. The van der Waals surface area contributed by atoms with E-state index in [9.17, 15) is 9.59 Å². The molecule has 1 aliphatic heterocycles. The molecule has 0 radical (unpaired) electrons. The molecule has 0 N–H and O–H groups in total. The SMILES string of the molecule is CC1(C)OC(=O)C=C(/C=C/CC(=O)c2ccc(Br)cc2)O1. The van der Waals surface area contributed by atoms with Crippen LogP contribution >= 0.6 is 15.9 Å². The average Bonchev–Trinajstić information content (AvgIpc) is 2.37. The molecule has 0 spiro atoms. The van der Waals surface area contributed by atoms with Gasteiger partial charge in [-0.15, -0.1) is 0 Å². The molecule has 0 atom stereocenters. The maximum Gasteiger partial charge on any atom is 0.337 e. The van der Waals surface area contributed by atoms with E-state index < -0.39 is 11.8 Å². The molecule has 0 saturated carbocycles. The fourth-order valence-corrected chi connectivity index (χ4v) is 2.10. The normalized spacial score (nSPS) is 17.1. The maximum absolute atomic E-state index is 12.0. The van der Waals surface area contributed by atoms with Gasteiger partial charge in [0, 0.05) is 30.3 Å². The summed E-state index contributed by atoms with van der Waals surface area (Å²) in [6.45, 7) is 3.30. The molecule has 1 heterocycles. The highest BCUT2D eigenvalue weighted by molar-refractivity contribution is 9.10. The van der Waals surface area contributed by atoms with Crippen molar-refractivity contribution in [1.82, 2.24) is 0 Å². The lowest BCUT2D eigenvalue weighted by atomic mass is 10.1. The van der Waals surface area contributed by atoms with E-state index >= 15 is 0 Å². The number of benzene rings is 1. The monoisotopic (exact) mass is 350 g/mol. The summed E-state index contributed by atoms with van der Waals surface area (Å²) >= 11 is 3.32. The number of esters is 1. The first kappa shape index (κ1) is 15.5. The molecule has 0 amide bonds. The van der Waals surface area contributed by atoms with Gasteiger partial charge in [0.1, 0.15) is 5.76 Å². The highest BCUT2D eigenvalue weighted by Crippen LogP contribution is 2.22. The largest absolute Gasteiger partial charge is 0.453 e. The third kappa shape index (κ3) is 4.56. The summed E-state index contributed by atoms with van der Waals surface area (Å²) in [5.74, 6) is -1.05. The second-order valence-electron chi connectivity index (χ2n) is 5.01. The number of hydrogen-bond donors (Lipinski definition) is 0. The van der Waals surface area contributed by atoms with Crippen molar-refractivity contribution in [3.8, 4) is 0 Å². The number of cyclic esters (lactones) is 1. The molecule has 0 aliphatic carbocycles. The van der Waals surface area contributed by atoms with Crippen LogP contribution in [0.25, 0.3) is 0 Å². The number of rotatable bonds is 4. The summed E-state index contributed by atoms with van der Waals surface area (Å²) in [7, 11) is 0. The van der Waals surface area contributed by atoms with E-state index in [0.717, 1.165) is 4.47 Å². The molecule has 0 unspecified atom stereocenters. The van der Waals surface area contributed by atoms with Gasteiger partial charge < -0.3 is 9.47 Å². The van der Waals surface area contributed by atoms with Gasteiger partial charge in [0.15, 0.2) is 5.78 Å². The number of allylic oxidation sites excluding steroid dienone is 2. The Morgan fingerprint density at radius 1 is 1.24 bits per heavy atom. The second kappa shape index (κ2) is 6.26. The van der Waals surface area contributed by atoms with E-state index in [0.29, 0.717) is 11.3 Å². The second-order valence-corrected chi connectivity index (χ2v) is 5.92. The predicted octanol–water partition coefficient (Wildman–Crippen LogP) is 3.77. The van der Waals surface area contributed by atoms with Crippen molar-refractivity contribution in [2.75, 3.05) is 0 Å². The Kier molecular flexibility index (Phi) is 4.63. The zero-order valence-electron chi connectivity index (χ0n) is 11.8. The van der Waals surface area contributed by atoms with Crippen molar-refractivity contribution in [2.24, 2.45) is 0 Å². The standard InChI is InChI=1S/C16H15BrO4/c1-16(2)20-13(10-15(19)21-16)4-3-5-14(18)11-6-8-12(17)9-7-11/h3-4,6-10H,5H2,1-2H3/b4-3+. The van der Waals surface area contributed by atoms with Crippen LogP contribution in [0.5, 0.6) is 0 Å². The Morgan fingerprint density at radius 2 is 1.90 bits per heavy atom. The van der Waals surface area contributed by atoms with Crippen LogP contribution in [-0.2, 0) is 14.3 Å². The molecule has 0 saturated heterocycles. The van der Waals surface area contributed by atoms with Gasteiger partial charge in [-0.1, -0.05) is 34.1 Å². The minimum atomic E-state index is -0.985. The quantitative estimate of drug-likeness (QED) is 0.612. The molecule has 1 aliphatic rings. The molecular formula is C16H15BrO4. The number of carbonyl (C=O) groups is 2. The number of halogens is 1. The highest BCUT2D eigenvalue weighted by atomic mass is 79.9. The van der Waals surface area contributed by atoms with Crippen molar-refractivity contribution >= 4 is 27.7 Å². The molecular weight excluding hydrogens is 336 g/mol. The van der Waals surface area contributed by atoms with Crippen LogP contribution in [-0.4, -0.2) is 17.5 Å². The average molecular weight is 351 g/mol. The fraction of sp³-hybridized carbons (Fsp3) is 0.250. The van der Waals surface area contributed by atoms with Crippen LogP contribution in [0.15, 0.2) is 52.7 Å². The smallest absolute Gasteiger partial charge is 0.337 e. The van der Waals surface area contributed by atoms with Crippen LogP contribution in [0.3, 0.4) is 0 Å². The van der Waals surface area contributed by atoms with Gasteiger partial charge in [-0.2, -0.15) is 0 Å². The first-order valence-electron chi connectivity index (χ1n) is 6.45. The molecule has 5 heteroatoms. The van der Waals surface area contributed by atoms with Gasteiger partial charge in [0.25, 0.3) is 0 Å². The van der Waals surface area contributed by atoms with Crippen molar-refractivity contribution in [3.63, 3.8) is 0 Å². The molecule has 4 nitrogen and oxygen atoms in total. The van der Waals surface area contributed by atoms with Crippen LogP contribution < -0.4 is 0 Å². The van der Waals surface area contributed by atoms with Gasteiger partial charge in [-0.25, -0.2) is 4.79 Å². The molecule has 2 rings (SSSR count). The fourth-order valence-electron chi connectivity index (χ4n) is 1.84. The van der Waals surface area contributed by atoms with Crippen LogP contribution in [0.4, 0.5) is 0 Å². The number of Topliss-reactive ketones (excluding diaryl/α,β-unsaturated/α-hetero) is 1. The maximum atomic E-state index is 12.0. The van der Waals surface area contributed by atoms with Gasteiger partial charge in [0.2, 0.25) is 5.79 Å². The number of carbonyl (C=O) groups excluding carboxylic acids is 2. The van der Waals surface area contributed by atoms with Crippen molar-refractivity contribution in [1.29, 1.82) is 0 Å². The van der Waals surface area contributed by atoms with Gasteiger partial charge in [-0.05, 0) is 18.2 Å². The van der Waals surface area contributed by atoms with Crippen molar-refractivity contribution in [3.05, 3.63) is 58.3 Å². The predicted molar refractivity (Wildman–Crippen MR) is 81.6 cm³/mol. The Labute approximate surface area is 131 Å². The first-order valence-corrected chi connectivity index (χ1v) is 7.24. The minimum absolute atomic E-state index is 0.00278. The van der Waals surface area contributed by atoms with Crippen LogP contribution in [0, 0.1) is 0 Å². The van der Waals surface area contributed by atoms with E-state index in [1.807, 2.05) is 12.1 Å². The molecule has 1 aromatic rings. The molecule has 0 fully saturated rings. The summed E-state index contributed by atoms with van der Waals surface area (Å²) in [6.07, 6.45) is 4.77. The zero-order valence-corrected chi connectivity index (χ0v) is 13.3. The van der Waals surface area contributed by atoms with Crippen LogP contribution in [0.2, 0.25) is 0 Å². The Bertz CT molecular complexity index is 612. The Balaban J connectivity index is 1.98. The van der Waals surface area contributed by atoms with E-state index in [1.165, 1.54) is 6.08 Å². The molecule has 1 aromatic carbocycles. The lowest BCUT2D eigenvalue weighted by Gasteiger charge is -2.29. The van der Waals surface area contributed by atoms with E-state index in [-0.39, 0.29) is 12.2 Å². The highest BCUT2D eigenvalue weighted by Gasteiger charge is 2.28. The van der Waals surface area contributed by atoms with Crippen molar-refractivity contribution < 1.29 is 19.1 Å². The summed E-state index contributed by atoms with van der Waals surface area (Å²) < 4.78 is 11.4. The van der Waals surface area contributed by atoms with Gasteiger partial charge >= 0.3 is 5.97 Å². The topological polar surface area (TPSA) is 52.6 Å². The third-order valence-electron chi connectivity index (χ3n) is 2.72. The zero-order chi connectivity index (χ0) is 15.5.